The predicted octanol–water partition coefficient (Wildman–Crippen LogP) is 3.81. The molecule has 0 spiro atoms. The fourth-order valence-electron chi connectivity index (χ4n) is 2.69. The molecule has 1 aliphatic heterocycles. The molecule has 4 nitrogen and oxygen atoms in total. The number of anilines is 1. The summed E-state index contributed by atoms with van der Waals surface area (Å²) >= 11 is 0. The Morgan fingerprint density at radius 2 is 2.00 bits per heavy atom. The van der Waals surface area contributed by atoms with Crippen LogP contribution >= 0.6 is 0 Å². The van der Waals surface area contributed by atoms with E-state index in [1.54, 1.807) is 12.1 Å². The molecule has 0 unspecified atom stereocenters. The molecule has 2 N–H and O–H groups in total. The van der Waals surface area contributed by atoms with Crippen molar-refractivity contribution < 1.29 is 22.7 Å². The molecule has 7 heteroatoms. The highest BCUT2D eigenvalue weighted by Gasteiger charge is 2.32. The topological polar surface area (TPSA) is 50.4 Å². The Balaban J connectivity index is 1.63. The molecule has 0 bridgehead atoms. The van der Waals surface area contributed by atoms with Crippen molar-refractivity contribution in [1.29, 1.82) is 0 Å². The van der Waals surface area contributed by atoms with Crippen molar-refractivity contribution >= 4 is 11.7 Å². The molecule has 0 radical (unpaired) electrons. The maximum Gasteiger partial charge on any atom is 0.319 e. The maximum atomic E-state index is 14.1. The van der Waals surface area contributed by atoms with Crippen LogP contribution in [0.4, 0.5) is 23.7 Å². The summed E-state index contributed by atoms with van der Waals surface area (Å²) in [5.41, 5.74) is 1.96. The van der Waals surface area contributed by atoms with E-state index in [0.29, 0.717) is 18.9 Å². The van der Waals surface area contributed by atoms with Crippen LogP contribution < -0.4 is 10.6 Å². The van der Waals surface area contributed by atoms with E-state index < -0.39 is 29.9 Å². The number of halogens is 3. The minimum Gasteiger partial charge on any atom is -0.376 e. The molecule has 3 rings (SSSR count). The summed E-state index contributed by atoms with van der Waals surface area (Å²) in [6.45, 7) is 0.0432. The molecule has 2 aromatic carbocycles. The number of nitrogens with one attached hydrogen (secondary N) is 2. The van der Waals surface area contributed by atoms with Crippen LogP contribution in [0.15, 0.2) is 42.5 Å². The Labute approximate surface area is 143 Å². The molecule has 0 aliphatic carbocycles. The zero-order valence-corrected chi connectivity index (χ0v) is 13.3. The first kappa shape index (κ1) is 17.3. The van der Waals surface area contributed by atoms with Gasteiger partial charge in [-0.15, -0.1) is 0 Å². The smallest absolute Gasteiger partial charge is 0.319 e. The lowest BCUT2D eigenvalue weighted by Gasteiger charge is -2.21. The molecule has 0 fully saturated rings. The van der Waals surface area contributed by atoms with Gasteiger partial charge in [-0.25, -0.2) is 9.18 Å². The van der Waals surface area contributed by atoms with E-state index in [0.717, 1.165) is 35.7 Å². The van der Waals surface area contributed by atoms with Crippen LogP contribution in [0.25, 0.3) is 0 Å². The molecule has 0 aromatic heterocycles. The molecule has 2 aromatic rings. The Bertz CT molecular complexity index is 781. The second-order valence-electron chi connectivity index (χ2n) is 5.77. The second-order valence-corrected chi connectivity index (χ2v) is 5.77. The monoisotopic (exact) mass is 350 g/mol. The molecule has 0 atom stereocenters. The molecule has 1 heterocycles. The van der Waals surface area contributed by atoms with Gasteiger partial charge in [0, 0.05) is 16.8 Å². The third kappa shape index (κ3) is 4.11. The van der Waals surface area contributed by atoms with Gasteiger partial charge >= 0.3 is 6.03 Å². The van der Waals surface area contributed by atoms with E-state index in [9.17, 15) is 18.0 Å². The van der Waals surface area contributed by atoms with E-state index >= 15 is 0 Å². The zero-order valence-electron chi connectivity index (χ0n) is 13.3. The third-order valence-electron chi connectivity index (χ3n) is 4.00. The lowest BCUT2D eigenvalue weighted by molar-refractivity contribution is -0.000375. The average Bonchev–Trinajstić information content (AvgIpc) is 2.60. The molecule has 0 saturated heterocycles. The van der Waals surface area contributed by atoms with Crippen molar-refractivity contribution in [3.63, 3.8) is 0 Å². The highest BCUT2D eigenvalue weighted by atomic mass is 19.3. The fraction of sp³-hybridized carbons (Fsp3) is 0.278. The number of fused-ring (bicyclic) bond motifs is 1. The number of benzene rings is 2. The van der Waals surface area contributed by atoms with E-state index in [-0.39, 0.29) is 0 Å². The Kier molecular flexibility index (Phi) is 4.94. The summed E-state index contributed by atoms with van der Waals surface area (Å²) in [4.78, 5) is 12.0. The van der Waals surface area contributed by atoms with Crippen molar-refractivity contribution in [2.45, 2.75) is 19.0 Å². The van der Waals surface area contributed by atoms with Crippen LogP contribution in [0.3, 0.4) is 0 Å². The number of hydrogen-bond acceptors (Lipinski definition) is 2. The molecule has 2 amide bonds. The number of amides is 2. The molecule has 1 aliphatic rings. The van der Waals surface area contributed by atoms with Gasteiger partial charge in [-0.3, -0.25) is 0 Å². The number of ether oxygens (including phenoxy) is 1. The first-order valence-corrected chi connectivity index (χ1v) is 7.83. The van der Waals surface area contributed by atoms with Crippen LogP contribution in [0.1, 0.15) is 16.7 Å². The first-order chi connectivity index (χ1) is 12.0. The van der Waals surface area contributed by atoms with Crippen LogP contribution in [-0.2, 0) is 23.7 Å². The Morgan fingerprint density at radius 1 is 1.20 bits per heavy atom. The van der Waals surface area contributed by atoms with Crippen LogP contribution in [0.5, 0.6) is 0 Å². The van der Waals surface area contributed by atoms with Gasteiger partial charge in [-0.05, 0) is 30.2 Å². The largest absolute Gasteiger partial charge is 0.376 e. The van der Waals surface area contributed by atoms with Crippen molar-refractivity contribution in [2.24, 2.45) is 0 Å². The van der Waals surface area contributed by atoms with Gasteiger partial charge in [0.2, 0.25) is 0 Å². The summed E-state index contributed by atoms with van der Waals surface area (Å²) in [5, 5.41) is 4.70. The number of rotatable bonds is 4. The standard InChI is InChI=1S/C18H17F3N2O2/c19-14-5-2-4-13(9-14)18(20,21)11-22-17(24)23-16-6-1-3-12-7-8-25-10-15(12)16/h1-6,9H,7-8,10-11H2,(H2,22,23,24). The third-order valence-corrected chi connectivity index (χ3v) is 4.00. The molecular formula is C18H17F3N2O2. The van der Waals surface area contributed by atoms with Gasteiger partial charge in [-0.2, -0.15) is 8.78 Å². The summed E-state index contributed by atoms with van der Waals surface area (Å²) in [7, 11) is 0. The first-order valence-electron chi connectivity index (χ1n) is 7.83. The lowest BCUT2D eigenvalue weighted by atomic mass is 10.0. The zero-order chi connectivity index (χ0) is 17.9. The van der Waals surface area contributed by atoms with E-state index in [4.69, 9.17) is 4.74 Å². The summed E-state index contributed by atoms with van der Waals surface area (Å²) in [6, 6.07) is 8.83. The molecule has 0 saturated carbocycles. The van der Waals surface area contributed by atoms with Gasteiger partial charge in [0.15, 0.2) is 0 Å². The summed E-state index contributed by atoms with van der Waals surface area (Å²) in [5.74, 6) is -4.13. The minimum absolute atomic E-state index is 0.366. The van der Waals surface area contributed by atoms with E-state index in [2.05, 4.69) is 10.6 Å². The minimum atomic E-state index is -3.38. The number of alkyl halides is 2. The van der Waals surface area contributed by atoms with Crippen LogP contribution in [0.2, 0.25) is 0 Å². The molecule has 25 heavy (non-hydrogen) atoms. The van der Waals surface area contributed by atoms with Gasteiger partial charge in [0.1, 0.15) is 5.82 Å². The second kappa shape index (κ2) is 7.14. The van der Waals surface area contributed by atoms with Gasteiger partial charge in [-0.1, -0.05) is 24.3 Å². The Morgan fingerprint density at radius 3 is 2.80 bits per heavy atom. The van der Waals surface area contributed by atoms with Crippen molar-refractivity contribution in [1.82, 2.24) is 5.32 Å². The average molecular weight is 350 g/mol. The summed E-state index contributed by atoms with van der Waals surface area (Å²) < 4.78 is 46.6. The van der Waals surface area contributed by atoms with Gasteiger partial charge < -0.3 is 15.4 Å². The van der Waals surface area contributed by atoms with Gasteiger partial charge in [0.05, 0.1) is 19.8 Å². The number of urea groups is 1. The fourth-order valence-corrected chi connectivity index (χ4v) is 2.69. The van der Waals surface area contributed by atoms with Crippen molar-refractivity contribution in [2.75, 3.05) is 18.5 Å². The van der Waals surface area contributed by atoms with E-state index in [1.165, 1.54) is 6.07 Å². The van der Waals surface area contributed by atoms with Crippen LogP contribution in [0, 0.1) is 5.82 Å². The highest BCUT2D eigenvalue weighted by molar-refractivity contribution is 5.90. The van der Waals surface area contributed by atoms with Crippen molar-refractivity contribution in [3.05, 3.63) is 65.0 Å². The maximum absolute atomic E-state index is 14.1. The van der Waals surface area contributed by atoms with Crippen molar-refractivity contribution in [3.8, 4) is 0 Å². The number of carbonyl (C=O) groups is 1. The summed E-state index contributed by atoms with van der Waals surface area (Å²) in [6.07, 6.45) is 0.740. The molecular weight excluding hydrogens is 333 g/mol. The highest BCUT2D eigenvalue weighted by Crippen LogP contribution is 2.28. The predicted molar refractivity (Wildman–Crippen MR) is 87.1 cm³/mol. The lowest BCUT2D eigenvalue weighted by Crippen LogP contribution is -2.37. The normalized spacial score (nSPS) is 13.9. The van der Waals surface area contributed by atoms with Gasteiger partial charge in [0.25, 0.3) is 5.92 Å². The molecule has 132 valence electrons. The Hall–Kier alpha value is -2.54. The quantitative estimate of drug-likeness (QED) is 0.881. The van der Waals surface area contributed by atoms with E-state index in [1.807, 2.05) is 6.07 Å². The van der Waals surface area contributed by atoms with Crippen LogP contribution in [-0.4, -0.2) is 19.2 Å². The number of hydrogen-bond donors (Lipinski definition) is 2. The number of carbonyl (C=O) groups excluding carboxylic acids is 1. The SMILES string of the molecule is O=C(NCC(F)(F)c1cccc(F)c1)Nc1cccc2c1COCC2.